The SMILES string of the molecule is CC1CCC(C2CCCC2)CC1c1ncc(Br)s1. The summed E-state index contributed by atoms with van der Waals surface area (Å²) in [5.41, 5.74) is 0. The van der Waals surface area contributed by atoms with Crippen molar-refractivity contribution in [2.24, 2.45) is 17.8 Å². The van der Waals surface area contributed by atoms with Gasteiger partial charge in [0.05, 0.1) is 15.0 Å². The molecule has 1 aromatic heterocycles. The maximum atomic E-state index is 4.62. The highest BCUT2D eigenvalue weighted by Gasteiger charge is 2.35. The second-order valence-electron chi connectivity index (χ2n) is 6.20. The third kappa shape index (κ3) is 2.67. The van der Waals surface area contributed by atoms with E-state index in [1.807, 2.05) is 17.5 Å². The highest BCUT2D eigenvalue weighted by Crippen LogP contribution is 2.47. The number of rotatable bonds is 2. The Kier molecular flexibility index (Phi) is 4.09. The van der Waals surface area contributed by atoms with Crippen molar-refractivity contribution in [3.8, 4) is 0 Å². The molecule has 3 rings (SSSR count). The van der Waals surface area contributed by atoms with Crippen LogP contribution in [0.25, 0.3) is 0 Å². The number of halogens is 1. The first-order chi connectivity index (χ1) is 8.74. The fourth-order valence-electron chi connectivity index (χ4n) is 3.99. The van der Waals surface area contributed by atoms with Crippen molar-refractivity contribution in [1.82, 2.24) is 4.98 Å². The van der Waals surface area contributed by atoms with Gasteiger partial charge in [0, 0.05) is 5.92 Å². The van der Waals surface area contributed by atoms with Gasteiger partial charge < -0.3 is 0 Å². The molecule has 2 fully saturated rings. The van der Waals surface area contributed by atoms with E-state index in [1.165, 1.54) is 53.7 Å². The van der Waals surface area contributed by atoms with Crippen LogP contribution in [0.1, 0.15) is 62.8 Å². The molecule has 3 heteroatoms. The van der Waals surface area contributed by atoms with E-state index in [0.29, 0.717) is 0 Å². The van der Waals surface area contributed by atoms with Crippen LogP contribution in [0.5, 0.6) is 0 Å². The molecule has 0 aliphatic heterocycles. The molecule has 1 nitrogen and oxygen atoms in total. The summed E-state index contributed by atoms with van der Waals surface area (Å²) in [5, 5.41) is 1.37. The van der Waals surface area contributed by atoms with E-state index >= 15 is 0 Å². The molecule has 0 bridgehead atoms. The Hall–Kier alpha value is 0.110. The van der Waals surface area contributed by atoms with Gasteiger partial charge in [-0.2, -0.15) is 0 Å². The topological polar surface area (TPSA) is 12.9 Å². The van der Waals surface area contributed by atoms with Crippen molar-refractivity contribution >= 4 is 27.3 Å². The van der Waals surface area contributed by atoms with Crippen molar-refractivity contribution in [3.05, 3.63) is 15.0 Å². The van der Waals surface area contributed by atoms with Gasteiger partial charge in [-0.1, -0.05) is 32.6 Å². The monoisotopic (exact) mass is 327 g/mol. The van der Waals surface area contributed by atoms with Crippen LogP contribution in [0.2, 0.25) is 0 Å². The molecule has 18 heavy (non-hydrogen) atoms. The molecule has 3 unspecified atom stereocenters. The van der Waals surface area contributed by atoms with Gasteiger partial charge in [0.2, 0.25) is 0 Å². The minimum atomic E-state index is 0.723. The van der Waals surface area contributed by atoms with E-state index in [9.17, 15) is 0 Å². The summed E-state index contributed by atoms with van der Waals surface area (Å²) in [5.74, 6) is 3.56. The lowest BCUT2D eigenvalue weighted by Crippen LogP contribution is -2.25. The standard InChI is InChI=1S/C15H22BrNS/c1-10-6-7-12(11-4-2-3-5-11)8-13(10)15-17-9-14(16)18-15/h9-13H,2-8H2,1H3. The van der Waals surface area contributed by atoms with E-state index in [4.69, 9.17) is 0 Å². The second kappa shape index (κ2) is 5.62. The van der Waals surface area contributed by atoms with Crippen molar-refractivity contribution < 1.29 is 0 Å². The molecule has 0 saturated heterocycles. The molecule has 100 valence electrons. The molecule has 2 aliphatic carbocycles. The summed E-state index contributed by atoms with van der Waals surface area (Å²) in [4.78, 5) is 4.62. The number of nitrogens with zero attached hydrogens (tertiary/aromatic N) is 1. The Bertz CT molecular complexity index is 397. The highest BCUT2D eigenvalue weighted by molar-refractivity contribution is 9.11. The van der Waals surface area contributed by atoms with Crippen LogP contribution in [0, 0.1) is 17.8 Å². The van der Waals surface area contributed by atoms with Gasteiger partial charge in [0.25, 0.3) is 0 Å². The lowest BCUT2D eigenvalue weighted by Gasteiger charge is -2.36. The van der Waals surface area contributed by atoms with Gasteiger partial charge in [-0.3, -0.25) is 0 Å². The van der Waals surface area contributed by atoms with Crippen LogP contribution in [-0.4, -0.2) is 4.98 Å². The molecule has 2 aliphatic rings. The number of hydrogen-bond donors (Lipinski definition) is 0. The van der Waals surface area contributed by atoms with E-state index < -0.39 is 0 Å². The molecule has 0 aromatic carbocycles. The molecule has 0 spiro atoms. The van der Waals surface area contributed by atoms with Gasteiger partial charge in [0.15, 0.2) is 0 Å². The molecule has 0 N–H and O–H groups in total. The van der Waals surface area contributed by atoms with E-state index in [2.05, 4.69) is 27.8 Å². The second-order valence-corrected chi connectivity index (χ2v) is 8.65. The first-order valence-corrected chi connectivity index (χ1v) is 8.96. The molecular weight excluding hydrogens is 306 g/mol. The maximum Gasteiger partial charge on any atom is 0.0970 e. The smallest absolute Gasteiger partial charge is 0.0970 e. The van der Waals surface area contributed by atoms with Crippen LogP contribution in [0.15, 0.2) is 9.98 Å². The largest absolute Gasteiger partial charge is 0.248 e. The summed E-state index contributed by atoms with van der Waals surface area (Å²) < 4.78 is 1.19. The molecule has 2 saturated carbocycles. The van der Waals surface area contributed by atoms with Crippen LogP contribution in [-0.2, 0) is 0 Å². The molecule has 1 heterocycles. The van der Waals surface area contributed by atoms with Crippen LogP contribution in [0.4, 0.5) is 0 Å². The van der Waals surface area contributed by atoms with Crippen LogP contribution in [0.3, 0.4) is 0 Å². The fourth-order valence-corrected chi connectivity index (χ4v) is 5.48. The van der Waals surface area contributed by atoms with Crippen molar-refractivity contribution in [2.75, 3.05) is 0 Å². The third-order valence-electron chi connectivity index (χ3n) is 5.12. The zero-order chi connectivity index (χ0) is 12.5. The summed E-state index contributed by atoms with van der Waals surface area (Å²) in [6.07, 6.45) is 12.2. The summed E-state index contributed by atoms with van der Waals surface area (Å²) in [7, 11) is 0. The first-order valence-electron chi connectivity index (χ1n) is 7.35. The lowest BCUT2D eigenvalue weighted by atomic mass is 9.70. The van der Waals surface area contributed by atoms with Gasteiger partial charge in [-0.15, -0.1) is 11.3 Å². The lowest BCUT2D eigenvalue weighted by molar-refractivity contribution is 0.188. The molecule has 3 atom stereocenters. The van der Waals surface area contributed by atoms with Gasteiger partial charge in [0.1, 0.15) is 0 Å². The normalized spacial score (nSPS) is 34.0. The van der Waals surface area contributed by atoms with E-state index in [-0.39, 0.29) is 0 Å². The van der Waals surface area contributed by atoms with Gasteiger partial charge in [-0.25, -0.2) is 4.98 Å². The Labute approximate surface area is 123 Å². The number of hydrogen-bond acceptors (Lipinski definition) is 2. The molecule has 0 amide bonds. The van der Waals surface area contributed by atoms with Crippen molar-refractivity contribution in [3.63, 3.8) is 0 Å². The molecule has 1 aromatic rings. The highest BCUT2D eigenvalue weighted by atomic mass is 79.9. The van der Waals surface area contributed by atoms with Crippen molar-refractivity contribution in [1.29, 1.82) is 0 Å². The summed E-state index contributed by atoms with van der Waals surface area (Å²) in [6.45, 7) is 2.42. The average molecular weight is 328 g/mol. The van der Waals surface area contributed by atoms with Crippen molar-refractivity contribution in [2.45, 2.75) is 57.8 Å². The van der Waals surface area contributed by atoms with Gasteiger partial charge >= 0.3 is 0 Å². The third-order valence-corrected chi connectivity index (χ3v) is 6.72. The zero-order valence-corrected chi connectivity index (χ0v) is 13.5. The maximum absolute atomic E-state index is 4.62. The van der Waals surface area contributed by atoms with Crippen LogP contribution >= 0.6 is 27.3 Å². The Balaban J connectivity index is 1.72. The van der Waals surface area contributed by atoms with E-state index in [0.717, 1.165) is 23.7 Å². The first kappa shape index (κ1) is 13.1. The molecule has 0 radical (unpaired) electrons. The zero-order valence-electron chi connectivity index (χ0n) is 11.1. The Morgan fingerprint density at radius 2 is 1.94 bits per heavy atom. The Morgan fingerprint density at radius 3 is 2.61 bits per heavy atom. The quantitative estimate of drug-likeness (QED) is 0.687. The predicted molar refractivity (Wildman–Crippen MR) is 81.0 cm³/mol. The van der Waals surface area contributed by atoms with Gasteiger partial charge in [-0.05, 0) is 52.9 Å². The predicted octanol–water partition coefficient (Wildman–Crippen LogP) is 5.62. The molecular formula is C15H22BrNS. The summed E-state index contributed by atoms with van der Waals surface area (Å²) in [6, 6.07) is 0. The number of thiazole rings is 1. The Morgan fingerprint density at radius 1 is 1.17 bits per heavy atom. The van der Waals surface area contributed by atoms with E-state index in [1.54, 1.807) is 0 Å². The average Bonchev–Trinajstić information content (AvgIpc) is 3.01. The minimum Gasteiger partial charge on any atom is -0.248 e. The minimum absolute atomic E-state index is 0.723. The van der Waals surface area contributed by atoms with Crippen LogP contribution < -0.4 is 0 Å². The summed E-state index contributed by atoms with van der Waals surface area (Å²) >= 11 is 5.40. The fraction of sp³-hybridized carbons (Fsp3) is 0.800. The number of aromatic nitrogens is 1.